The smallest absolute Gasteiger partial charge is 0.347 e. The van der Waals surface area contributed by atoms with Crippen LogP contribution in [0.1, 0.15) is 31.4 Å². The van der Waals surface area contributed by atoms with Crippen molar-refractivity contribution in [3.63, 3.8) is 0 Å². The zero-order chi connectivity index (χ0) is 20.1. The third kappa shape index (κ3) is 4.51. The summed E-state index contributed by atoms with van der Waals surface area (Å²) in [5.41, 5.74) is 1.04. The molecule has 0 saturated heterocycles. The van der Waals surface area contributed by atoms with Crippen molar-refractivity contribution in [2.75, 3.05) is 0 Å². The second kappa shape index (κ2) is 8.31. The monoisotopic (exact) mass is 381 g/mol. The molecule has 1 heterocycles. The van der Waals surface area contributed by atoms with E-state index in [1.165, 1.54) is 24.3 Å². The number of hydrogen-bond donors (Lipinski definition) is 0. The van der Waals surface area contributed by atoms with Gasteiger partial charge in [-0.15, -0.1) is 10.2 Å². The van der Waals surface area contributed by atoms with Gasteiger partial charge in [0, 0.05) is 5.56 Å². The van der Waals surface area contributed by atoms with Crippen LogP contribution in [0, 0.1) is 17.1 Å². The van der Waals surface area contributed by atoms with E-state index in [9.17, 15) is 9.18 Å². The average molecular weight is 381 g/mol. The molecule has 3 rings (SSSR count). The fourth-order valence-corrected chi connectivity index (χ4v) is 2.29. The molecular formula is C20H16FN3O4. The van der Waals surface area contributed by atoms with Gasteiger partial charge in [0.05, 0.1) is 11.6 Å². The minimum Gasteiger partial charge on any atom is -0.479 e. The molecule has 0 aliphatic carbocycles. The van der Waals surface area contributed by atoms with Crippen LogP contribution in [-0.4, -0.2) is 22.3 Å². The predicted octanol–water partition coefficient (Wildman–Crippen LogP) is 3.82. The Balaban J connectivity index is 1.60. The molecule has 0 radical (unpaired) electrons. The normalized spacial score (nSPS) is 12.6. The summed E-state index contributed by atoms with van der Waals surface area (Å²) in [7, 11) is 0. The van der Waals surface area contributed by atoms with Gasteiger partial charge in [-0.3, -0.25) is 0 Å². The molecule has 2 atom stereocenters. The molecule has 8 heteroatoms. The van der Waals surface area contributed by atoms with E-state index in [1.54, 1.807) is 38.1 Å². The van der Waals surface area contributed by atoms with Crippen LogP contribution >= 0.6 is 0 Å². The molecule has 2 aromatic carbocycles. The van der Waals surface area contributed by atoms with Crippen molar-refractivity contribution in [3.05, 3.63) is 65.8 Å². The second-order valence-corrected chi connectivity index (χ2v) is 5.93. The number of carbonyl (C=O) groups excluding carboxylic acids is 1. The molecule has 0 bridgehead atoms. The summed E-state index contributed by atoms with van der Waals surface area (Å²) >= 11 is 0. The molecule has 0 unspecified atom stereocenters. The van der Waals surface area contributed by atoms with Crippen LogP contribution in [0.2, 0.25) is 0 Å². The maximum atomic E-state index is 13.0. The molecule has 0 aliphatic rings. The number of nitrogens with zero attached hydrogens (tertiary/aromatic N) is 3. The highest BCUT2D eigenvalue weighted by Gasteiger charge is 2.23. The van der Waals surface area contributed by atoms with Gasteiger partial charge >= 0.3 is 5.97 Å². The quantitative estimate of drug-likeness (QED) is 0.599. The largest absolute Gasteiger partial charge is 0.479 e. The van der Waals surface area contributed by atoms with E-state index in [2.05, 4.69) is 10.2 Å². The van der Waals surface area contributed by atoms with Crippen LogP contribution < -0.4 is 4.74 Å². The molecule has 7 nitrogen and oxygen atoms in total. The van der Waals surface area contributed by atoms with Gasteiger partial charge in [0.2, 0.25) is 5.89 Å². The van der Waals surface area contributed by atoms with Crippen molar-refractivity contribution in [1.29, 1.82) is 5.26 Å². The van der Waals surface area contributed by atoms with Crippen LogP contribution in [0.4, 0.5) is 4.39 Å². The molecule has 0 fully saturated rings. The Morgan fingerprint density at radius 1 is 1.11 bits per heavy atom. The highest BCUT2D eigenvalue weighted by Crippen LogP contribution is 2.23. The second-order valence-electron chi connectivity index (χ2n) is 5.93. The standard InChI is InChI=1S/C20H16FN3O4/c1-12(18-23-24-19(28-18)15-5-7-16(21)8-6-15)27-20(25)13(2)26-17-9-3-14(11-22)4-10-17/h3-10,12-13H,1-2H3/t12-,13+/m0/s1. The molecule has 3 aromatic rings. The SMILES string of the molecule is C[C@H](OC(=O)[C@@H](C)Oc1ccc(C#N)cc1)c1nnc(-c2ccc(F)cc2)o1. The van der Waals surface area contributed by atoms with E-state index in [-0.39, 0.29) is 17.6 Å². The van der Waals surface area contributed by atoms with Gasteiger partial charge in [0.15, 0.2) is 12.2 Å². The van der Waals surface area contributed by atoms with Crippen molar-refractivity contribution < 1.29 is 23.1 Å². The summed E-state index contributed by atoms with van der Waals surface area (Å²) in [4.78, 5) is 12.2. The van der Waals surface area contributed by atoms with E-state index in [1.807, 2.05) is 6.07 Å². The summed E-state index contributed by atoms with van der Waals surface area (Å²) in [6, 6.07) is 14.0. The van der Waals surface area contributed by atoms with Gasteiger partial charge in [-0.1, -0.05) is 0 Å². The highest BCUT2D eigenvalue weighted by atomic mass is 19.1. The van der Waals surface area contributed by atoms with E-state index >= 15 is 0 Å². The summed E-state index contributed by atoms with van der Waals surface area (Å²) in [6.45, 7) is 3.14. The third-order valence-corrected chi connectivity index (χ3v) is 3.80. The van der Waals surface area contributed by atoms with Crippen LogP contribution in [0.3, 0.4) is 0 Å². The van der Waals surface area contributed by atoms with Crippen LogP contribution in [-0.2, 0) is 9.53 Å². The fourth-order valence-electron chi connectivity index (χ4n) is 2.29. The van der Waals surface area contributed by atoms with Crippen LogP contribution in [0.15, 0.2) is 52.9 Å². The summed E-state index contributed by atoms with van der Waals surface area (Å²) in [5, 5.41) is 16.5. The lowest BCUT2D eigenvalue weighted by molar-refractivity contribution is -0.157. The number of nitriles is 1. The molecular weight excluding hydrogens is 365 g/mol. The number of benzene rings is 2. The van der Waals surface area contributed by atoms with Gasteiger partial charge in [-0.2, -0.15) is 5.26 Å². The molecule has 0 saturated carbocycles. The van der Waals surface area contributed by atoms with Crippen LogP contribution in [0.5, 0.6) is 5.75 Å². The van der Waals surface area contributed by atoms with E-state index in [4.69, 9.17) is 19.2 Å². The molecule has 1 aromatic heterocycles. The Bertz CT molecular complexity index is 994. The van der Waals surface area contributed by atoms with Gasteiger partial charge in [-0.05, 0) is 62.4 Å². The maximum Gasteiger partial charge on any atom is 0.347 e. The van der Waals surface area contributed by atoms with E-state index in [0.29, 0.717) is 16.9 Å². The first-order valence-electron chi connectivity index (χ1n) is 8.43. The topological polar surface area (TPSA) is 98.2 Å². The summed E-state index contributed by atoms with van der Waals surface area (Å²) in [5.74, 6) is -0.244. The minimum atomic E-state index is -0.880. The zero-order valence-electron chi connectivity index (χ0n) is 15.1. The maximum absolute atomic E-state index is 13.0. The highest BCUT2D eigenvalue weighted by molar-refractivity contribution is 5.74. The Morgan fingerprint density at radius 3 is 2.43 bits per heavy atom. The number of rotatable bonds is 6. The number of esters is 1. The first kappa shape index (κ1) is 19.0. The summed E-state index contributed by atoms with van der Waals surface area (Å²) < 4.78 is 29.3. The van der Waals surface area contributed by atoms with Crippen LogP contribution in [0.25, 0.3) is 11.5 Å². The predicted molar refractivity (Wildman–Crippen MR) is 95.4 cm³/mol. The van der Waals surface area contributed by atoms with E-state index < -0.39 is 18.2 Å². The van der Waals surface area contributed by atoms with Gasteiger partial charge in [-0.25, -0.2) is 9.18 Å². The van der Waals surface area contributed by atoms with Crippen molar-refractivity contribution in [1.82, 2.24) is 10.2 Å². The Kier molecular flexibility index (Phi) is 5.65. The lowest BCUT2D eigenvalue weighted by atomic mass is 10.2. The Morgan fingerprint density at radius 2 is 1.79 bits per heavy atom. The Hall–Kier alpha value is -3.73. The van der Waals surface area contributed by atoms with Gasteiger partial charge in [0.25, 0.3) is 5.89 Å². The zero-order valence-corrected chi connectivity index (χ0v) is 15.1. The van der Waals surface area contributed by atoms with Gasteiger partial charge < -0.3 is 13.9 Å². The van der Waals surface area contributed by atoms with Gasteiger partial charge in [0.1, 0.15) is 11.6 Å². The fraction of sp³-hybridized carbons (Fsp3) is 0.200. The number of carbonyl (C=O) groups is 1. The molecule has 0 spiro atoms. The lowest BCUT2D eigenvalue weighted by Gasteiger charge is -2.16. The number of hydrogen-bond acceptors (Lipinski definition) is 7. The molecule has 0 amide bonds. The molecule has 142 valence electrons. The minimum absolute atomic E-state index is 0.109. The van der Waals surface area contributed by atoms with Crippen molar-refractivity contribution >= 4 is 5.97 Å². The summed E-state index contributed by atoms with van der Waals surface area (Å²) in [6.07, 6.45) is -1.67. The van der Waals surface area contributed by atoms with E-state index in [0.717, 1.165) is 0 Å². The first-order chi connectivity index (χ1) is 13.5. The number of aromatic nitrogens is 2. The Labute approximate surface area is 160 Å². The first-order valence-corrected chi connectivity index (χ1v) is 8.43. The molecule has 0 aliphatic heterocycles. The third-order valence-electron chi connectivity index (χ3n) is 3.80. The van der Waals surface area contributed by atoms with Crippen molar-refractivity contribution in [2.24, 2.45) is 0 Å². The van der Waals surface area contributed by atoms with Crippen molar-refractivity contribution in [3.8, 4) is 23.3 Å². The molecule has 28 heavy (non-hydrogen) atoms. The average Bonchev–Trinajstić information content (AvgIpc) is 3.19. The lowest BCUT2D eigenvalue weighted by Crippen LogP contribution is -2.27. The van der Waals surface area contributed by atoms with Crippen molar-refractivity contribution in [2.45, 2.75) is 26.1 Å². The number of halogens is 1. The molecule has 0 N–H and O–H groups in total. The number of ether oxygens (including phenoxy) is 2.